The summed E-state index contributed by atoms with van der Waals surface area (Å²) in [7, 11) is 0. The molecule has 1 aromatic carbocycles. The fraction of sp³-hybridized carbons (Fsp3) is 0.227. The van der Waals surface area contributed by atoms with Crippen molar-refractivity contribution in [2.24, 2.45) is 0 Å². The van der Waals surface area contributed by atoms with Crippen LogP contribution in [0.4, 0.5) is 0 Å². The summed E-state index contributed by atoms with van der Waals surface area (Å²) in [6, 6.07) is 16.2. The van der Waals surface area contributed by atoms with Crippen molar-refractivity contribution in [3.05, 3.63) is 69.2 Å². The molecule has 1 atom stereocenters. The Morgan fingerprint density at radius 1 is 1.14 bits per heavy atom. The molecule has 1 N–H and O–H groups in total. The van der Waals surface area contributed by atoms with Gasteiger partial charge in [0, 0.05) is 20.8 Å². The first-order valence-corrected chi connectivity index (χ1v) is 11.4. The van der Waals surface area contributed by atoms with Crippen LogP contribution in [0.3, 0.4) is 0 Å². The number of carbonyl (C=O) groups is 1. The highest BCUT2D eigenvalue weighted by Crippen LogP contribution is 2.32. The van der Waals surface area contributed by atoms with Crippen molar-refractivity contribution < 1.29 is 4.79 Å². The van der Waals surface area contributed by atoms with Crippen molar-refractivity contribution in [3.63, 3.8) is 0 Å². The third-order valence-corrected chi connectivity index (χ3v) is 6.85. The Labute approximate surface area is 177 Å². The zero-order valence-corrected chi connectivity index (χ0v) is 17.9. The van der Waals surface area contributed by atoms with E-state index in [-0.39, 0.29) is 18.5 Å². The summed E-state index contributed by atoms with van der Waals surface area (Å²) >= 11 is 9.55. The van der Waals surface area contributed by atoms with Crippen molar-refractivity contribution in [3.8, 4) is 10.6 Å². The molecule has 144 valence electrons. The summed E-state index contributed by atoms with van der Waals surface area (Å²) in [4.78, 5) is 15.3. The first-order valence-electron chi connectivity index (χ1n) is 9.31. The molecule has 28 heavy (non-hydrogen) atoms. The Morgan fingerprint density at radius 2 is 1.96 bits per heavy atom. The third-order valence-electron chi connectivity index (χ3n) is 4.74. The Balaban J connectivity index is 1.65. The van der Waals surface area contributed by atoms with Gasteiger partial charge >= 0.3 is 0 Å². The molecule has 0 aliphatic heterocycles. The van der Waals surface area contributed by atoms with E-state index >= 15 is 0 Å². The third kappa shape index (κ3) is 4.02. The zero-order chi connectivity index (χ0) is 19.5. The summed E-state index contributed by atoms with van der Waals surface area (Å²) in [6.07, 6.45) is 1.96. The fourth-order valence-electron chi connectivity index (χ4n) is 3.49. The Bertz CT molecular complexity index is 1070. The highest BCUT2D eigenvalue weighted by molar-refractivity contribution is 7.13. The van der Waals surface area contributed by atoms with Crippen LogP contribution in [0.15, 0.2) is 59.3 Å². The molecule has 0 aliphatic carbocycles. The number of aromatic nitrogens is 1. The molecular weight excluding hydrogens is 408 g/mol. The number of carbonyl (C=O) groups excluding carboxylic acids is 1. The molecule has 3 aromatic heterocycles. The van der Waals surface area contributed by atoms with E-state index in [4.69, 9.17) is 11.6 Å². The zero-order valence-electron chi connectivity index (χ0n) is 15.5. The van der Waals surface area contributed by atoms with Crippen molar-refractivity contribution in [1.29, 1.82) is 0 Å². The molecule has 1 amide bonds. The molecule has 3 heterocycles. The van der Waals surface area contributed by atoms with Gasteiger partial charge in [-0.15, -0.1) is 22.7 Å². The number of rotatable bonds is 7. The van der Waals surface area contributed by atoms with Gasteiger partial charge in [-0.05, 0) is 53.6 Å². The van der Waals surface area contributed by atoms with Crippen LogP contribution in [-0.2, 0) is 11.3 Å². The second kappa shape index (κ2) is 8.52. The van der Waals surface area contributed by atoms with Gasteiger partial charge in [-0.1, -0.05) is 37.1 Å². The van der Waals surface area contributed by atoms with Gasteiger partial charge < -0.3 is 9.88 Å². The molecule has 4 rings (SSSR count). The molecule has 0 saturated carbocycles. The van der Waals surface area contributed by atoms with E-state index in [9.17, 15) is 4.79 Å². The van der Waals surface area contributed by atoms with Crippen LogP contribution in [0, 0.1) is 0 Å². The van der Waals surface area contributed by atoms with Gasteiger partial charge in [0.25, 0.3) is 0 Å². The van der Waals surface area contributed by atoms with Gasteiger partial charge in [0.15, 0.2) is 0 Å². The summed E-state index contributed by atoms with van der Waals surface area (Å²) in [5.41, 5.74) is 2.07. The van der Waals surface area contributed by atoms with Crippen LogP contribution in [0.5, 0.6) is 0 Å². The Kier molecular flexibility index (Phi) is 5.85. The van der Waals surface area contributed by atoms with E-state index < -0.39 is 0 Å². The van der Waals surface area contributed by atoms with Crippen molar-refractivity contribution in [2.45, 2.75) is 32.4 Å². The average Bonchev–Trinajstić information content (AvgIpc) is 3.42. The minimum atomic E-state index is 0.0251. The standard InChI is InChI=1S/C22H21ClN2OS2/c1-2-5-17(20-6-3-10-27-20)24-22(26)14-25-18-9-8-16(23)12-15(18)13-19(25)21-7-4-11-28-21/h3-4,6-13,17H,2,5,14H2,1H3,(H,24,26)/t17-/m1/s1. The molecule has 6 heteroatoms. The summed E-state index contributed by atoms with van der Waals surface area (Å²) < 4.78 is 2.09. The van der Waals surface area contributed by atoms with Crippen molar-refractivity contribution >= 4 is 51.1 Å². The second-order valence-electron chi connectivity index (χ2n) is 6.72. The number of hydrogen-bond donors (Lipinski definition) is 1. The van der Waals surface area contributed by atoms with Crippen LogP contribution in [-0.4, -0.2) is 10.5 Å². The SMILES string of the molecule is CCC[C@@H](NC(=O)Cn1c(-c2cccs2)cc2cc(Cl)ccc21)c1cccs1. The maximum Gasteiger partial charge on any atom is 0.240 e. The number of halogens is 1. The molecule has 0 radical (unpaired) electrons. The number of amides is 1. The molecule has 0 unspecified atom stereocenters. The Morgan fingerprint density at radius 3 is 2.68 bits per heavy atom. The number of nitrogens with zero attached hydrogens (tertiary/aromatic N) is 1. The first kappa shape index (κ1) is 19.2. The van der Waals surface area contributed by atoms with Crippen LogP contribution in [0.2, 0.25) is 5.02 Å². The quantitative estimate of drug-likeness (QED) is 0.347. The Hall–Kier alpha value is -2.08. The normalized spacial score (nSPS) is 12.4. The number of thiophene rings is 2. The maximum absolute atomic E-state index is 13.0. The molecule has 0 spiro atoms. The van der Waals surface area contributed by atoms with Gasteiger partial charge in [0.1, 0.15) is 6.54 Å². The molecule has 4 aromatic rings. The lowest BCUT2D eigenvalue weighted by molar-refractivity contribution is -0.122. The van der Waals surface area contributed by atoms with Crippen molar-refractivity contribution in [2.75, 3.05) is 0 Å². The predicted octanol–water partition coefficient (Wildman–Crippen LogP) is 6.74. The minimum Gasteiger partial charge on any atom is -0.347 e. The summed E-state index contributed by atoms with van der Waals surface area (Å²) in [6.45, 7) is 2.43. The number of fused-ring (bicyclic) bond motifs is 1. The van der Waals surface area contributed by atoms with E-state index in [0.29, 0.717) is 5.02 Å². The van der Waals surface area contributed by atoms with E-state index in [1.165, 1.54) is 4.88 Å². The smallest absolute Gasteiger partial charge is 0.240 e. The highest BCUT2D eigenvalue weighted by Gasteiger charge is 2.18. The molecule has 0 bridgehead atoms. The van der Waals surface area contributed by atoms with Crippen LogP contribution >= 0.6 is 34.3 Å². The van der Waals surface area contributed by atoms with Crippen LogP contribution in [0.1, 0.15) is 30.7 Å². The topological polar surface area (TPSA) is 34.0 Å². The fourth-order valence-corrected chi connectivity index (χ4v) is 5.23. The number of benzene rings is 1. The van der Waals surface area contributed by atoms with Crippen molar-refractivity contribution in [1.82, 2.24) is 9.88 Å². The predicted molar refractivity (Wildman–Crippen MR) is 120 cm³/mol. The van der Waals surface area contributed by atoms with E-state index in [1.54, 1.807) is 22.7 Å². The molecule has 0 fully saturated rings. The van der Waals surface area contributed by atoms with E-state index in [0.717, 1.165) is 34.3 Å². The minimum absolute atomic E-state index is 0.0251. The summed E-state index contributed by atoms with van der Waals surface area (Å²) in [5.74, 6) is 0.0251. The highest BCUT2D eigenvalue weighted by atomic mass is 35.5. The van der Waals surface area contributed by atoms with Gasteiger partial charge in [0.2, 0.25) is 5.91 Å². The lowest BCUT2D eigenvalue weighted by atomic mass is 10.1. The molecule has 0 saturated heterocycles. The lowest BCUT2D eigenvalue weighted by Crippen LogP contribution is -2.31. The van der Waals surface area contributed by atoms with E-state index in [1.807, 2.05) is 30.3 Å². The first-order chi connectivity index (χ1) is 13.7. The van der Waals surface area contributed by atoms with Gasteiger partial charge in [-0.2, -0.15) is 0 Å². The van der Waals surface area contributed by atoms with Crippen LogP contribution < -0.4 is 5.32 Å². The monoisotopic (exact) mass is 428 g/mol. The van der Waals surface area contributed by atoms with Gasteiger partial charge in [-0.25, -0.2) is 0 Å². The van der Waals surface area contributed by atoms with Gasteiger partial charge in [-0.3, -0.25) is 4.79 Å². The largest absolute Gasteiger partial charge is 0.347 e. The second-order valence-corrected chi connectivity index (χ2v) is 9.08. The molecular formula is C22H21ClN2OS2. The summed E-state index contributed by atoms with van der Waals surface area (Å²) in [5, 5.41) is 9.10. The molecule has 3 nitrogen and oxygen atoms in total. The van der Waals surface area contributed by atoms with E-state index in [2.05, 4.69) is 45.8 Å². The molecule has 0 aliphatic rings. The van der Waals surface area contributed by atoms with Gasteiger partial charge in [0.05, 0.1) is 16.6 Å². The lowest BCUT2D eigenvalue weighted by Gasteiger charge is -2.18. The maximum atomic E-state index is 13.0. The number of nitrogens with one attached hydrogen (secondary N) is 1. The van der Waals surface area contributed by atoms with Crippen LogP contribution in [0.25, 0.3) is 21.5 Å². The number of hydrogen-bond acceptors (Lipinski definition) is 3. The average molecular weight is 429 g/mol.